The number of rotatable bonds is 5. The first-order valence-corrected chi connectivity index (χ1v) is 7.66. The van der Waals surface area contributed by atoms with E-state index >= 15 is 0 Å². The number of carbonyl (C=O) groups is 2. The summed E-state index contributed by atoms with van der Waals surface area (Å²) in [6, 6.07) is 13.9. The Labute approximate surface area is 140 Å². The zero-order valence-corrected chi connectivity index (χ0v) is 13.8. The Bertz CT molecular complexity index is 696. The van der Waals surface area contributed by atoms with Gasteiger partial charge in [-0.2, -0.15) is 0 Å². The number of nitrogens with one attached hydrogen (secondary N) is 1. The number of ether oxygens (including phenoxy) is 1. The van der Waals surface area contributed by atoms with E-state index in [9.17, 15) is 9.59 Å². The zero-order chi connectivity index (χ0) is 16.8. The molecule has 2 rings (SSSR count). The fraction of sp³-hybridized carbons (Fsp3) is 0.222. The molecule has 0 heterocycles. The van der Waals surface area contributed by atoms with Gasteiger partial charge in [-0.3, -0.25) is 4.79 Å². The van der Waals surface area contributed by atoms with E-state index in [2.05, 4.69) is 19.2 Å². The van der Waals surface area contributed by atoms with Crippen LogP contribution in [0.25, 0.3) is 0 Å². The van der Waals surface area contributed by atoms with Gasteiger partial charge in [-0.15, -0.1) is 0 Å². The molecule has 23 heavy (non-hydrogen) atoms. The lowest BCUT2D eigenvalue weighted by molar-refractivity contribution is -0.119. The average molecular weight is 332 g/mol. The highest BCUT2D eigenvalue weighted by atomic mass is 35.5. The molecule has 0 bridgehead atoms. The van der Waals surface area contributed by atoms with Crippen molar-refractivity contribution in [3.8, 4) is 0 Å². The Morgan fingerprint density at radius 2 is 1.83 bits per heavy atom. The standard InChI is InChI=1S/C18H18ClNO3/c1-12(2)13-6-8-14(9-7-13)18(22)23-11-17(21)20-16-5-3-4-15(19)10-16/h3-10,12H,11H2,1-2H3,(H,20,21). The Kier molecular flexibility index (Phi) is 5.77. The second kappa shape index (κ2) is 7.79. The third-order valence-corrected chi connectivity index (χ3v) is 3.49. The molecule has 0 saturated heterocycles. The summed E-state index contributed by atoms with van der Waals surface area (Å²) in [6.45, 7) is 3.80. The minimum Gasteiger partial charge on any atom is -0.452 e. The zero-order valence-electron chi connectivity index (χ0n) is 13.0. The normalized spacial score (nSPS) is 10.4. The van der Waals surface area contributed by atoms with Crippen molar-refractivity contribution in [2.45, 2.75) is 19.8 Å². The highest BCUT2D eigenvalue weighted by Gasteiger charge is 2.11. The fourth-order valence-electron chi connectivity index (χ4n) is 1.98. The molecule has 0 radical (unpaired) electrons. The number of hydrogen-bond acceptors (Lipinski definition) is 3. The Morgan fingerprint density at radius 1 is 1.13 bits per heavy atom. The first kappa shape index (κ1) is 17.0. The van der Waals surface area contributed by atoms with E-state index in [1.807, 2.05) is 12.1 Å². The SMILES string of the molecule is CC(C)c1ccc(C(=O)OCC(=O)Nc2cccc(Cl)c2)cc1. The van der Waals surface area contributed by atoms with E-state index in [0.717, 1.165) is 5.56 Å². The number of hydrogen-bond donors (Lipinski definition) is 1. The predicted octanol–water partition coefficient (Wildman–Crippen LogP) is 4.26. The van der Waals surface area contributed by atoms with Crippen LogP contribution in [0.5, 0.6) is 0 Å². The summed E-state index contributed by atoms with van der Waals surface area (Å²) in [6.07, 6.45) is 0. The van der Waals surface area contributed by atoms with Gasteiger partial charge in [-0.25, -0.2) is 4.79 Å². The minimum atomic E-state index is -0.526. The number of benzene rings is 2. The largest absolute Gasteiger partial charge is 0.452 e. The molecule has 0 aliphatic heterocycles. The molecule has 2 aromatic carbocycles. The van der Waals surface area contributed by atoms with E-state index in [1.165, 1.54) is 0 Å². The summed E-state index contributed by atoms with van der Waals surface area (Å²) in [5, 5.41) is 3.13. The Balaban J connectivity index is 1.87. The number of amides is 1. The van der Waals surface area contributed by atoms with Crippen LogP contribution in [0, 0.1) is 0 Å². The van der Waals surface area contributed by atoms with Crippen LogP contribution in [-0.4, -0.2) is 18.5 Å². The van der Waals surface area contributed by atoms with Gasteiger partial charge in [-0.05, 0) is 41.8 Å². The summed E-state index contributed by atoms with van der Waals surface area (Å²) in [5.41, 5.74) is 2.12. The van der Waals surface area contributed by atoms with Crippen LogP contribution >= 0.6 is 11.6 Å². The molecule has 2 aromatic rings. The van der Waals surface area contributed by atoms with Crippen molar-refractivity contribution in [1.82, 2.24) is 0 Å². The van der Waals surface area contributed by atoms with Crippen LogP contribution in [0.15, 0.2) is 48.5 Å². The first-order valence-electron chi connectivity index (χ1n) is 7.28. The van der Waals surface area contributed by atoms with Gasteiger partial charge in [0.25, 0.3) is 5.91 Å². The molecule has 0 fully saturated rings. The third-order valence-electron chi connectivity index (χ3n) is 3.26. The van der Waals surface area contributed by atoms with Gasteiger partial charge in [0.15, 0.2) is 6.61 Å². The summed E-state index contributed by atoms with van der Waals surface area (Å²) in [5.74, 6) is -0.551. The molecule has 4 nitrogen and oxygen atoms in total. The summed E-state index contributed by atoms with van der Waals surface area (Å²) < 4.78 is 5.01. The van der Waals surface area contributed by atoms with Crippen LogP contribution < -0.4 is 5.32 Å². The lowest BCUT2D eigenvalue weighted by Crippen LogP contribution is -2.20. The summed E-state index contributed by atoms with van der Waals surface area (Å²) in [7, 11) is 0. The average Bonchev–Trinajstić information content (AvgIpc) is 2.52. The van der Waals surface area contributed by atoms with Crippen molar-refractivity contribution in [3.63, 3.8) is 0 Å². The molecule has 120 valence electrons. The van der Waals surface area contributed by atoms with Crippen LogP contribution in [0.3, 0.4) is 0 Å². The van der Waals surface area contributed by atoms with Crippen LogP contribution in [0.2, 0.25) is 5.02 Å². The fourth-order valence-corrected chi connectivity index (χ4v) is 2.17. The Morgan fingerprint density at radius 3 is 2.43 bits per heavy atom. The number of halogens is 1. The van der Waals surface area contributed by atoms with Gasteiger partial charge < -0.3 is 10.1 Å². The molecule has 1 N–H and O–H groups in total. The molecule has 0 saturated carbocycles. The maximum absolute atomic E-state index is 11.9. The molecule has 0 spiro atoms. The van der Waals surface area contributed by atoms with Crippen molar-refractivity contribution < 1.29 is 14.3 Å². The highest BCUT2D eigenvalue weighted by Crippen LogP contribution is 2.16. The van der Waals surface area contributed by atoms with Crippen LogP contribution in [0.1, 0.15) is 35.7 Å². The van der Waals surface area contributed by atoms with Crippen molar-refractivity contribution in [2.75, 3.05) is 11.9 Å². The van der Waals surface area contributed by atoms with E-state index in [1.54, 1.807) is 36.4 Å². The molecule has 0 aliphatic rings. The van der Waals surface area contributed by atoms with Crippen LogP contribution in [0.4, 0.5) is 5.69 Å². The topological polar surface area (TPSA) is 55.4 Å². The highest BCUT2D eigenvalue weighted by molar-refractivity contribution is 6.30. The molecule has 5 heteroatoms. The van der Waals surface area contributed by atoms with Crippen LogP contribution in [-0.2, 0) is 9.53 Å². The first-order chi connectivity index (χ1) is 11.0. The molecular weight excluding hydrogens is 314 g/mol. The molecule has 0 aromatic heterocycles. The minimum absolute atomic E-state index is 0.350. The van der Waals surface area contributed by atoms with Crippen molar-refractivity contribution in [2.24, 2.45) is 0 Å². The molecule has 0 aliphatic carbocycles. The summed E-state index contributed by atoms with van der Waals surface area (Å²) in [4.78, 5) is 23.7. The third kappa shape index (κ3) is 5.11. The smallest absolute Gasteiger partial charge is 0.338 e. The monoisotopic (exact) mass is 331 g/mol. The number of anilines is 1. The lowest BCUT2D eigenvalue weighted by Gasteiger charge is -2.08. The Hall–Kier alpha value is -2.33. The number of carbonyl (C=O) groups excluding carboxylic acids is 2. The molecule has 0 atom stereocenters. The lowest BCUT2D eigenvalue weighted by atomic mass is 10.0. The maximum Gasteiger partial charge on any atom is 0.338 e. The molecule has 0 unspecified atom stereocenters. The van der Waals surface area contributed by atoms with E-state index in [-0.39, 0.29) is 6.61 Å². The van der Waals surface area contributed by atoms with E-state index in [4.69, 9.17) is 16.3 Å². The summed E-state index contributed by atoms with van der Waals surface area (Å²) >= 11 is 5.83. The van der Waals surface area contributed by atoms with Gasteiger partial charge in [0.05, 0.1) is 5.56 Å². The van der Waals surface area contributed by atoms with Gasteiger partial charge in [0.2, 0.25) is 0 Å². The molecular formula is C18H18ClNO3. The molecule has 1 amide bonds. The van der Waals surface area contributed by atoms with E-state index in [0.29, 0.717) is 22.2 Å². The number of esters is 1. The predicted molar refractivity (Wildman–Crippen MR) is 90.9 cm³/mol. The van der Waals surface area contributed by atoms with Gasteiger partial charge in [0.1, 0.15) is 0 Å². The van der Waals surface area contributed by atoms with Gasteiger partial charge in [0, 0.05) is 10.7 Å². The quantitative estimate of drug-likeness (QED) is 0.833. The second-order valence-corrected chi connectivity index (χ2v) is 5.85. The van der Waals surface area contributed by atoms with Crippen molar-refractivity contribution in [1.29, 1.82) is 0 Å². The second-order valence-electron chi connectivity index (χ2n) is 5.41. The maximum atomic E-state index is 11.9. The van der Waals surface area contributed by atoms with Gasteiger partial charge in [-0.1, -0.05) is 43.6 Å². The van der Waals surface area contributed by atoms with Crippen molar-refractivity contribution in [3.05, 3.63) is 64.7 Å². The van der Waals surface area contributed by atoms with Gasteiger partial charge >= 0.3 is 5.97 Å². The van der Waals surface area contributed by atoms with Crippen molar-refractivity contribution >= 4 is 29.2 Å². The van der Waals surface area contributed by atoms with E-state index < -0.39 is 11.9 Å².